The van der Waals surface area contributed by atoms with Gasteiger partial charge in [0.05, 0.1) is 16.7 Å². The van der Waals surface area contributed by atoms with E-state index in [9.17, 15) is 0 Å². The maximum absolute atomic E-state index is 6.32. The monoisotopic (exact) mass is 804 g/mol. The van der Waals surface area contributed by atoms with E-state index in [0.29, 0.717) is 0 Å². The van der Waals surface area contributed by atoms with Gasteiger partial charge in [-0.05, 0) is 112 Å². The van der Waals surface area contributed by atoms with Crippen molar-refractivity contribution in [3.8, 4) is 50.2 Å². The quantitative estimate of drug-likeness (QED) is 0.153. The summed E-state index contributed by atoms with van der Waals surface area (Å²) in [7, 11) is 0. The van der Waals surface area contributed by atoms with Gasteiger partial charge in [0.15, 0.2) is 0 Å². The Morgan fingerprint density at radius 1 is 0.302 bits per heavy atom. The smallest absolute Gasteiger partial charge is 0.135 e. The molecule has 0 spiro atoms. The first-order valence-corrected chi connectivity index (χ1v) is 21.5. The van der Waals surface area contributed by atoms with Crippen molar-refractivity contribution in [2.75, 3.05) is 4.90 Å². The van der Waals surface area contributed by atoms with Gasteiger partial charge in [-0.1, -0.05) is 170 Å². The van der Waals surface area contributed by atoms with Gasteiger partial charge in [-0.15, -0.1) is 0 Å². The van der Waals surface area contributed by atoms with Crippen molar-refractivity contribution in [3.63, 3.8) is 0 Å². The first-order chi connectivity index (χ1) is 31.2. The molecule has 2 heterocycles. The number of nitrogens with zero attached hydrogens (tertiary/aromatic N) is 2. The van der Waals surface area contributed by atoms with Crippen LogP contribution in [0.2, 0.25) is 0 Å². The highest BCUT2D eigenvalue weighted by Gasteiger charge is 2.22. The molecule has 0 unspecified atom stereocenters. The molecule has 0 fully saturated rings. The summed E-state index contributed by atoms with van der Waals surface area (Å²) in [6, 6.07) is 87.3. The zero-order chi connectivity index (χ0) is 41.7. The van der Waals surface area contributed by atoms with Crippen molar-refractivity contribution in [2.45, 2.75) is 0 Å². The van der Waals surface area contributed by atoms with Crippen LogP contribution >= 0.6 is 0 Å². The molecule has 0 saturated carbocycles. The van der Waals surface area contributed by atoms with Crippen LogP contribution in [0.3, 0.4) is 0 Å². The third-order valence-corrected chi connectivity index (χ3v) is 12.4. The maximum Gasteiger partial charge on any atom is 0.135 e. The highest BCUT2D eigenvalue weighted by Crippen LogP contribution is 2.46. The summed E-state index contributed by atoms with van der Waals surface area (Å²) >= 11 is 0. The fraction of sp³-hybridized carbons (Fsp3) is 0. The molecule has 0 radical (unpaired) electrons. The van der Waals surface area contributed by atoms with Gasteiger partial charge in [0, 0.05) is 44.2 Å². The fourth-order valence-electron chi connectivity index (χ4n) is 9.43. The highest BCUT2D eigenvalue weighted by molar-refractivity contribution is 6.11. The molecule has 0 aliphatic carbocycles. The second kappa shape index (κ2) is 15.3. The minimum atomic E-state index is 0.872. The van der Waals surface area contributed by atoms with Crippen molar-refractivity contribution in [1.82, 2.24) is 4.57 Å². The first kappa shape index (κ1) is 36.5. The number of anilines is 3. The van der Waals surface area contributed by atoms with Crippen LogP contribution in [0.1, 0.15) is 0 Å². The molecule has 12 rings (SSSR count). The molecule has 0 aliphatic rings. The maximum atomic E-state index is 6.32. The number of para-hydroxylation sites is 4. The third kappa shape index (κ3) is 6.38. The van der Waals surface area contributed by atoms with Gasteiger partial charge < -0.3 is 13.9 Å². The van der Waals surface area contributed by atoms with Crippen molar-refractivity contribution >= 4 is 60.8 Å². The molecule has 0 saturated heterocycles. The number of fused-ring (bicyclic) bond motifs is 6. The lowest BCUT2D eigenvalue weighted by molar-refractivity contribution is 0.669. The summed E-state index contributed by atoms with van der Waals surface area (Å²) < 4.78 is 8.71. The molecule has 63 heavy (non-hydrogen) atoms. The van der Waals surface area contributed by atoms with Crippen LogP contribution in [-0.4, -0.2) is 4.57 Å². The van der Waals surface area contributed by atoms with E-state index in [4.69, 9.17) is 4.42 Å². The SMILES string of the molecule is c1ccc(-c2ccc(N(c3ccc4oc5ccccc5c4c3)c3ccccc3-c3ccc(-c4ccc5c6ccccc6n(-c6ccccc6)c5c4)cc3-c3ccccc3)cc2)cc1. The number of hydrogen-bond acceptors (Lipinski definition) is 2. The molecule has 0 atom stereocenters. The van der Waals surface area contributed by atoms with E-state index in [1.54, 1.807) is 0 Å². The Morgan fingerprint density at radius 3 is 1.68 bits per heavy atom. The summed E-state index contributed by atoms with van der Waals surface area (Å²) in [6.45, 7) is 0. The van der Waals surface area contributed by atoms with Gasteiger partial charge in [0.2, 0.25) is 0 Å². The summed E-state index contributed by atoms with van der Waals surface area (Å²) in [5, 5.41) is 4.68. The van der Waals surface area contributed by atoms with Gasteiger partial charge in [0.1, 0.15) is 11.2 Å². The van der Waals surface area contributed by atoms with Crippen LogP contribution in [0.5, 0.6) is 0 Å². The largest absolute Gasteiger partial charge is 0.456 e. The zero-order valence-electron chi connectivity index (χ0n) is 34.4. The lowest BCUT2D eigenvalue weighted by Crippen LogP contribution is -2.11. The fourth-order valence-corrected chi connectivity index (χ4v) is 9.43. The topological polar surface area (TPSA) is 21.3 Å². The average Bonchev–Trinajstić information content (AvgIpc) is 3.90. The number of benzene rings is 10. The predicted molar refractivity (Wildman–Crippen MR) is 264 cm³/mol. The van der Waals surface area contributed by atoms with Crippen LogP contribution in [0, 0.1) is 0 Å². The molecule has 2 aromatic heterocycles. The second-order valence-corrected chi connectivity index (χ2v) is 16.1. The van der Waals surface area contributed by atoms with Gasteiger partial charge in [-0.2, -0.15) is 0 Å². The van der Waals surface area contributed by atoms with Crippen LogP contribution in [0.25, 0.3) is 93.9 Å². The summed E-state index contributed by atoms with van der Waals surface area (Å²) in [5.41, 5.74) is 17.8. The lowest BCUT2D eigenvalue weighted by Gasteiger charge is -2.29. The first-order valence-electron chi connectivity index (χ1n) is 21.5. The molecule has 0 N–H and O–H groups in total. The summed E-state index contributed by atoms with van der Waals surface area (Å²) in [4.78, 5) is 2.39. The van der Waals surface area contributed by atoms with E-state index in [0.717, 1.165) is 66.9 Å². The Bertz CT molecular complexity index is 3600. The van der Waals surface area contributed by atoms with Crippen LogP contribution in [-0.2, 0) is 0 Å². The Kier molecular flexibility index (Phi) is 8.83. The number of aromatic nitrogens is 1. The van der Waals surface area contributed by atoms with E-state index in [-0.39, 0.29) is 0 Å². The van der Waals surface area contributed by atoms with Gasteiger partial charge in [-0.25, -0.2) is 0 Å². The molecule has 3 heteroatoms. The van der Waals surface area contributed by atoms with E-state index < -0.39 is 0 Å². The van der Waals surface area contributed by atoms with Crippen LogP contribution < -0.4 is 4.90 Å². The average molecular weight is 805 g/mol. The minimum Gasteiger partial charge on any atom is -0.456 e. The number of hydrogen-bond donors (Lipinski definition) is 0. The Morgan fingerprint density at radius 2 is 0.873 bits per heavy atom. The molecular weight excluding hydrogens is 765 g/mol. The van der Waals surface area contributed by atoms with E-state index in [1.807, 2.05) is 12.1 Å². The van der Waals surface area contributed by atoms with Crippen molar-refractivity contribution < 1.29 is 4.42 Å². The second-order valence-electron chi connectivity index (χ2n) is 16.1. The Labute approximate surface area is 366 Å². The van der Waals surface area contributed by atoms with Crippen LogP contribution in [0.15, 0.2) is 247 Å². The molecule has 296 valence electrons. The van der Waals surface area contributed by atoms with E-state index in [2.05, 4.69) is 240 Å². The van der Waals surface area contributed by atoms with Gasteiger partial charge in [-0.3, -0.25) is 0 Å². The van der Waals surface area contributed by atoms with E-state index >= 15 is 0 Å². The highest BCUT2D eigenvalue weighted by atomic mass is 16.3. The zero-order valence-corrected chi connectivity index (χ0v) is 34.4. The summed E-state index contributed by atoms with van der Waals surface area (Å²) in [5.74, 6) is 0. The Hall–Kier alpha value is -8.40. The van der Waals surface area contributed by atoms with Crippen LogP contribution in [0.4, 0.5) is 17.1 Å². The normalized spacial score (nSPS) is 11.5. The van der Waals surface area contributed by atoms with Gasteiger partial charge in [0.25, 0.3) is 0 Å². The minimum absolute atomic E-state index is 0.872. The molecule has 0 bridgehead atoms. The molecule has 3 nitrogen and oxygen atoms in total. The van der Waals surface area contributed by atoms with E-state index in [1.165, 1.54) is 44.1 Å². The molecule has 10 aromatic carbocycles. The molecular formula is C60H40N2O. The predicted octanol–water partition coefficient (Wildman–Crippen LogP) is 16.8. The van der Waals surface area contributed by atoms with Gasteiger partial charge >= 0.3 is 0 Å². The molecule has 0 aliphatic heterocycles. The lowest BCUT2D eigenvalue weighted by atomic mass is 9.89. The van der Waals surface area contributed by atoms with Crippen molar-refractivity contribution in [2.24, 2.45) is 0 Å². The summed E-state index contributed by atoms with van der Waals surface area (Å²) in [6.07, 6.45) is 0. The standard InChI is InChI=1S/C60H40N2O/c1-4-16-41(17-5-1)42-28-32-47(33-29-42)61(48-34-37-60-55(40-48)53-24-12-15-27-59(53)63-60)56-25-13-10-22-50(56)49-35-30-44(38-54(49)43-18-6-2-7-19-43)45-31-36-52-51-23-11-14-26-57(51)62(58(52)39-45)46-20-8-3-9-21-46/h1-40H. The molecule has 0 amide bonds. The number of rotatable bonds is 8. The van der Waals surface area contributed by atoms with Crippen molar-refractivity contribution in [3.05, 3.63) is 243 Å². The van der Waals surface area contributed by atoms with Crippen molar-refractivity contribution in [1.29, 1.82) is 0 Å². The molecule has 12 aromatic rings. The number of furan rings is 1. The Balaban J connectivity index is 1.04. The third-order valence-electron chi connectivity index (χ3n) is 12.4.